The lowest BCUT2D eigenvalue weighted by Gasteiger charge is -2.30. The monoisotopic (exact) mass is 429 g/mol. The molecule has 1 amide bonds. The maximum atomic E-state index is 13.2. The molecule has 3 rings (SSSR count). The predicted octanol–water partition coefficient (Wildman–Crippen LogP) is 2.19. The van der Waals surface area contributed by atoms with E-state index in [2.05, 4.69) is 22.5 Å². The lowest BCUT2D eigenvalue weighted by atomic mass is 9.97. The van der Waals surface area contributed by atoms with Crippen molar-refractivity contribution in [2.75, 3.05) is 45.9 Å². The minimum absolute atomic E-state index is 0.113. The molecule has 8 heteroatoms. The molecule has 30 heavy (non-hydrogen) atoms. The zero-order valence-electron chi connectivity index (χ0n) is 17.8. The van der Waals surface area contributed by atoms with Crippen molar-refractivity contribution in [1.82, 2.24) is 20.5 Å². The number of nitrogens with zero attached hydrogens (tertiary/aromatic N) is 3. The van der Waals surface area contributed by atoms with Crippen molar-refractivity contribution in [2.24, 2.45) is 4.99 Å². The Kier molecular flexibility index (Phi) is 8.65. The van der Waals surface area contributed by atoms with Gasteiger partial charge in [-0.3, -0.25) is 9.79 Å². The van der Waals surface area contributed by atoms with Gasteiger partial charge >= 0.3 is 0 Å². The highest BCUT2D eigenvalue weighted by molar-refractivity contribution is 7.11. The molecule has 1 atom stereocenters. The molecule has 1 aliphatic heterocycles. The second kappa shape index (κ2) is 11.7. The highest BCUT2D eigenvalue weighted by Crippen LogP contribution is 2.20. The molecule has 1 aromatic heterocycles. The third-order valence-corrected chi connectivity index (χ3v) is 5.87. The Hall–Kier alpha value is -2.45. The molecule has 2 heterocycles. The zero-order chi connectivity index (χ0) is 21.2. The topological polar surface area (TPSA) is 78.9 Å². The zero-order valence-corrected chi connectivity index (χ0v) is 18.6. The summed E-state index contributed by atoms with van der Waals surface area (Å²) in [7, 11) is 0. The Bertz CT molecular complexity index is 818. The predicted molar refractivity (Wildman–Crippen MR) is 121 cm³/mol. The third kappa shape index (κ3) is 6.53. The number of aryl methyl sites for hydroxylation is 1. The summed E-state index contributed by atoms with van der Waals surface area (Å²) >= 11 is 1.72. The van der Waals surface area contributed by atoms with Crippen LogP contribution in [0.15, 0.2) is 41.5 Å². The number of thiazole rings is 1. The number of aliphatic imine (C=N–C) groups is 1. The molecular formula is C22H31N5O2S. The van der Waals surface area contributed by atoms with Gasteiger partial charge in [0, 0.05) is 43.7 Å². The van der Waals surface area contributed by atoms with Gasteiger partial charge in [0.15, 0.2) is 5.96 Å². The molecule has 1 aliphatic rings. The number of hydrogen-bond acceptors (Lipinski definition) is 5. The van der Waals surface area contributed by atoms with Crippen molar-refractivity contribution in [3.63, 3.8) is 0 Å². The number of rotatable bonds is 8. The van der Waals surface area contributed by atoms with E-state index in [0.29, 0.717) is 32.8 Å². The van der Waals surface area contributed by atoms with Crippen LogP contribution in [-0.4, -0.2) is 67.7 Å². The summed E-state index contributed by atoms with van der Waals surface area (Å²) in [5.74, 6) is 0.533. The summed E-state index contributed by atoms with van der Waals surface area (Å²) in [5, 5.41) is 7.75. The molecular weight excluding hydrogens is 398 g/mol. The quantitative estimate of drug-likeness (QED) is 0.497. The molecule has 2 N–H and O–H groups in total. The van der Waals surface area contributed by atoms with E-state index in [1.54, 1.807) is 11.3 Å². The van der Waals surface area contributed by atoms with Crippen LogP contribution in [0.1, 0.15) is 28.3 Å². The molecule has 1 saturated heterocycles. The first-order chi connectivity index (χ1) is 14.7. The Labute approximate surface area is 182 Å². The molecule has 2 aromatic rings. The van der Waals surface area contributed by atoms with E-state index in [4.69, 9.17) is 9.73 Å². The summed E-state index contributed by atoms with van der Waals surface area (Å²) in [6.45, 7) is 8.46. The summed E-state index contributed by atoms with van der Waals surface area (Å²) in [6.07, 6.45) is 2.75. The van der Waals surface area contributed by atoms with Crippen LogP contribution in [0.5, 0.6) is 0 Å². The fourth-order valence-electron chi connectivity index (χ4n) is 3.34. The van der Waals surface area contributed by atoms with Crippen LogP contribution < -0.4 is 10.6 Å². The number of amides is 1. The molecule has 0 aliphatic carbocycles. The molecule has 162 valence electrons. The van der Waals surface area contributed by atoms with E-state index >= 15 is 0 Å². The van der Waals surface area contributed by atoms with Gasteiger partial charge in [0.05, 0.1) is 30.7 Å². The van der Waals surface area contributed by atoms with Crippen LogP contribution in [0.4, 0.5) is 0 Å². The van der Waals surface area contributed by atoms with Crippen LogP contribution in [0.3, 0.4) is 0 Å². The van der Waals surface area contributed by atoms with Crippen molar-refractivity contribution in [1.29, 1.82) is 0 Å². The SMILES string of the molecule is CCNC(=NCC(C(=O)N1CCOCC1)c1ccccc1)NCCc1ncc(C)s1. The average Bonchev–Trinajstić information content (AvgIpc) is 3.20. The first-order valence-corrected chi connectivity index (χ1v) is 11.3. The number of aromatic nitrogens is 1. The van der Waals surface area contributed by atoms with Crippen molar-refractivity contribution in [2.45, 2.75) is 26.2 Å². The van der Waals surface area contributed by atoms with E-state index in [9.17, 15) is 4.79 Å². The first kappa shape index (κ1) is 22.2. The molecule has 0 spiro atoms. The van der Waals surface area contributed by atoms with Crippen molar-refractivity contribution < 1.29 is 9.53 Å². The van der Waals surface area contributed by atoms with Gasteiger partial charge in [-0.25, -0.2) is 4.98 Å². The maximum absolute atomic E-state index is 13.2. The lowest BCUT2D eigenvalue weighted by Crippen LogP contribution is -2.44. The van der Waals surface area contributed by atoms with E-state index in [0.717, 1.165) is 36.0 Å². The van der Waals surface area contributed by atoms with Gasteiger partial charge in [0.2, 0.25) is 5.91 Å². The van der Waals surface area contributed by atoms with Gasteiger partial charge in [0.1, 0.15) is 0 Å². The second-order valence-corrected chi connectivity index (χ2v) is 8.48. The number of carbonyl (C=O) groups excluding carboxylic acids is 1. The standard InChI is InChI=1S/C22H31N5O2S/c1-3-23-22(24-10-9-20-25-15-17(2)30-20)26-16-19(18-7-5-4-6-8-18)21(28)27-11-13-29-14-12-27/h4-8,15,19H,3,9-14,16H2,1-2H3,(H2,23,24,26). The summed E-state index contributed by atoms with van der Waals surface area (Å²) < 4.78 is 5.40. The third-order valence-electron chi connectivity index (χ3n) is 4.90. The summed E-state index contributed by atoms with van der Waals surface area (Å²) in [5.41, 5.74) is 0.992. The van der Waals surface area contributed by atoms with Gasteiger partial charge in [-0.15, -0.1) is 11.3 Å². The number of guanidine groups is 1. The van der Waals surface area contributed by atoms with Crippen LogP contribution in [0.2, 0.25) is 0 Å². The van der Waals surface area contributed by atoms with E-state index in [1.165, 1.54) is 4.88 Å². The van der Waals surface area contributed by atoms with E-state index in [-0.39, 0.29) is 11.8 Å². The normalized spacial score (nSPS) is 15.7. The van der Waals surface area contributed by atoms with Crippen LogP contribution in [0.25, 0.3) is 0 Å². The smallest absolute Gasteiger partial charge is 0.232 e. The van der Waals surface area contributed by atoms with Crippen LogP contribution in [0, 0.1) is 6.92 Å². The highest BCUT2D eigenvalue weighted by atomic mass is 32.1. The number of benzene rings is 1. The fourth-order valence-corrected chi connectivity index (χ4v) is 4.13. The lowest BCUT2D eigenvalue weighted by molar-refractivity contribution is -0.136. The van der Waals surface area contributed by atoms with Gasteiger partial charge in [-0.1, -0.05) is 30.3 Å². The van der Waals surface area contributed by atoms with Crippen molar-refractivity contribution in [3.05, 3.63) is 52.0 Å². The number of nitrogens with one attached hydrogen (secondary N) is 2. The van der Waals surface area contributed by atoms with Gasteiger partial charge < -0.3 is 20.3 Å². The van der Waals surface area contributed by atoms with Gasteiger partial charge in [-0.05, 0) is 19.4 Å². The second-order valence-electron chi connectivity index (χ2n) is 7.16. The van der Waals surface area contributed by atoms with Crippen molar-refractivity contribution >= 4 is 23.2 Å². The molecule has 1 unspecified atom stereocenters. The molecule has 7 nitrogen and oxygen atoms in total. The highest BCUT2D eigenvalue weighted by Gasteiger charge is 2.27. The largest absolute Gasteiger partial charge is 0.378 e. The number of morpholine rings is 1. The van der Waals surface area contributed by atoms with Crippen molar-refractivity contribution in [3.8, 4) is 0 Å². The molecule has 0 radical (unpaired) electrons. The maximum Gasteiger partial charge on any atom is 0.232 e. The molecule has 1 fully saturated rings. The van der Waals surface area contributed by atoms with Gasteiger partial charge in [-0.2, -0.15) is 0 Å². The van der Waals surface area contributed by atoms with E-state index in [1.807, 2.05) is 48.4 Å². The van der Waals surface area contributed by atoms with Gasteiger partial charge in [0.25, 0.3) is 0 Å². The number of ether oxygens (including phenoxy) is 1. The first-order valence-electron chi connectivity index (χ1n) is 10.5. The number of hydrogen-bond donors (Lipinski definition) is 2. The Balaban J connectivity index is 1.66. The van der Waals surface area contributed by atoms with E-state index < -0.39 is 0 Å². The molecule has 0 saturated carbocycles. The minimum Gasteiger partial charge on any atom is -0.378 e. The van der Waals surface area contributed by atoms with Crippen LogP contribution in [-0.2, 0) is 16.0 Å². The fraction of sp³-hybridized carbons (Fsp3) is 0.500. The molecule has 1 aromatic carbocycles. The minimum atomic E-state index is -0.304. The van der Waals surface area contributed by atoms with Crippen LogP contribution >= 0.6 is 11.3 Å². The summed E-state index contributed by atoms with van der Waals surface area (Å²) in [6, 6.07) is 9.92. The average molecular weight is 430 g/mol. The molecule has 0 bridgehead atoms. The Morgan fingerprint density at radius 2 is 2.03 bits per heavy atom. The summed E-state index contributed by atoms with van der Waals surface area (Å²) in [4.78, 5) is 25.5. The Morgan fingerprint density at radius 3 is 2.70 bits per heavy atom. The number of carbonyl (C=O) groups is 1. The Morgan fingerprint density at radius 1 is 1.27 bits per heavy atom.